The molecule has 0 aliphatic carbocycles. The van der Waals surface area contributed by atoms with Crippen LogP contribution in [0.4, 0.5) is 0 Å². The van der Waals surface area contributed by atoms with Gasteiger partial charge >= 0.3 is 5.97 Å². The highest BCUT2D eigenvalue weighted by molar-refractivity contribution is 5.84. The third-order valence-corrected chi connectivity index (χ3v) is 2.71. The van der Waals surface area contributed by atoms with Gasteiger partial charge in [-0.15, -0.1) is 0 Å². The van der Waals surface area contributed by atoms with Gasteiger partial charge in [0.2, 0.25) is 5.91 Å². The minimum absolute atomic E-state index is 0.197. The lowest BCUT2D eigenvalue weighted by molar-refractivity contribution is -0.142. The Morgan fingerprint density at radius 1 is 1.27 bits per heavy atom. The minimum atomic E-state index is -1.07. The van der Waals surface area contributed by atoms with Crippen LogP contribution in [0.25, 0.3) is 0 Å². The molecule has 120 valence electrons. The molecule has 0 saturated carbocycles. The second kappa shape index (κ2) is 10.4. The number of carboxylic acid groups (broad SMARTS) is 1. The van der Waals surface area contributed by atoms with Crippen molar-refractivity contribution in [3.63, 3.8) is 0 Å². The smallest absolute Gasteiger partial charge is 0.326 e. The molecule has 1 amide bonds. The molecule has 6 nitrogen and oxygen atoms in total. The van der Waals surface area contributed by atoms with Crippen molar-refractivity contribution in [3.8, 4) is 5.75 Å². The SMILES string of the molecule is C/C=C/CC(NC(=O)COCCOc1ccccc1)C(=O)O. The summed E-state index contributed by atoms with van der Waals surface area (Å²) in [7, 11) is 0. The first-order valence-corrected chi connectivity index (χ1v) is 7.02. The van der Waals surface area contributed by atoms with E-state index in [0.29, 0.717) is 6.61 Å². The maximum atomic E-state index is 11.6. The number of rotatable bonds is 10. The van der Waals surface area contributed by atoms with E-state index in [1.54, 1.807) is 19.1 Å². The molecule has 0 spiro atoms. The number of carbonyl (C=O) groups excluding carboxylic acids is 1. The van der Waals surface area contributed by atoms with Crippen molar-refractivity contribution in [3.05, 3.63) is 42.5 Å². The molecule has 1 rings (SSSR count). The van der Waals surface area contributed by atoms with Gasteiger partial charge in [0.05, 0.1) is 6.61 Å². The Hall–Kier alpha value is -2.34. The molecule has 1 atom stereocenters. The van der Waals surface area contributed by atoms with Crippen molar-refractivity contribution >= 4 is 11.9 Å². The number of benzene rings is 1. The fourth-order valence-electron chi connectivity index (χ4n) is 1.63. The number of para-hydroxylation sites is 1. The van der Waals surface area contributed by atoms with Gasteiger partial charge in [0.25, 0.3) is 0 Å². The lowest BCUT2D eigenvalue weighted by Gasteiger charge is -2.13. The quantitative estimate of drug-likeness (QED) is 0.507. The molecule has 0 fully saturated rings. The average Bonchev–Trinajstić information content (AvgIpc) is 2.51. The summed E-state index contributed by atoms with van der Waals surface area (Å²) in [5.74, 6) is -0.802. The molecule has 0 bridgehead atoms. The molecule has 22 heavy (non-hydrogen) atoms. The van der Waals surface area contributed by atoms with Crippen molar-refractivity contribution in [2.24, 2.45) is 0 Å². The minimum Gasteiger partial charge on any atom is -0.491 e. The molecule has 0 aliphatic heterocycles. The van der Waals surface area contributed by atoms with Crippen molar-refractivity contribution in [1.29, 1.82) is 0 Å². The van der Waals surface area contributed by atoms with Crippen molar-refractivity contribution in [2.75, 3.05) is 19.8 Å². The molecule has 2 N–H and O–H groups in total. The van der Waals surface area contributed by atoms with Crippen molar-refractivity contribution in [2.45, 2.75) is 19.4 Å². The topological polar surface area (TPSA) is 84.9 Å². The van der Waals surface area contributed by atoms with Crippen LogP contribution in [0, 0.1) is 0 Å². The lowest BCUT2D eigenvalue weighted by Crippen LogP contribution is -2.42. The maximum absolute atomic E-state index is 11.6. The monoisotopic (exact) mass is 307 g/mol. The highest BCUT2D eigenvalue weighted by Gasteiger charge is 2.18. The van der Waals surface area contributed by atoms with Crippen LogP contribution in [0.2, 0.25) is 0 Å². The summed E-state index contributed by atoms with van der Waals surface area (Å²) < 4.78 is 10.6. The summed E-state index contributed by atoms with van der Waals surface area (Å²) >= 11 is 0. The summed E-state index contributed by atoms with van der Waals surface area (Å²) in [5.41, 5.74) is 0. The van der Waals surface area contributed by atoms with Crippen LogP contribution in [0.3, 0.4) is 0 Å². The van der Waals surface area contributed by atoms with E-state index < -0.39 is 17.9 Å². The molecule has 0 aromatic heterocycles. The Labute approximate surface area is 129 Å². The number of carbonyl (C=O) groups is 2. The summed E-state index contributed by atoms with van der Waals surface area (Å²) in [6, 6.07) is 8.32. The Morgan fingerprint density at radius 3 is 2.64 bits per heavy atom. The van der Waals surface area contributed by atoms with Gasteiger partial charge in [0.15, 0.2) is 0 Å². The van der Waals surface area contributed by atoms with Crippen molar-refractivity contribution in [1.82, 2.24) is 5.32 Å². The van der Waals surface area contributed by atoms with Gasteiger partial charge in [-0.3, -0.25) is 4.79 Å². The van der Waals surface area contributed by atoms with Gasteiger partial charge in [-0.2, -0.15) is 0 Å². The predicted molar refractivity (Wildman–Crippen MR) is 81.8 cm³/mol. The van der Waals surface area contributed by atoms with Gasteiger partial charge < -0.3 is 19.9 Å². The molecule has 1 aromatic carbocycles. The fourth-order valence-corrected chi connectivity index (χ4v) is 1.63. The number of nitrogens with one attached hydrogen (secondary N) is 1. The number of aliphatic carboxylic acids is 1. The largest absolute Gasteiger partial charge is 0.491 e. The number of allylic oxidation sites excluding steroid dienone is 1. The highest BCUT2D eigenvalue weighted by Crippen LogP contribution is 2.07. The summed E-state index contributed by atoms with van der Waals surface area (Å²) in [5, 5.41) is 11.4. The first-order chi connectivity index (χ1) is 10.6. The Bertz CT molecular complexity index is 487. The van der Waals surface area contributed by atoms with Gasteiger partial charge in [-0.1, -0.05) is 30.4 Å². The molecule has 0 saturated heterocycles. The van der Waals surface area contributed by atoms with Gasteiger partial charge in [-0.05, 0) is 25.5 Å². The number of hydrogen-bond donors (Lipinski definition) is 2. The van der Waals surface area contributed by atoms with E-state index in [1.165, 1.54) is 0 Å². The molecule has 6 heteroatoms. The molecule has 0 aliphatic rings. The zero-order valence-electron chi connectivity index (χ0n) is 12.5. The summed E-state index contributed by atoms with van der Waals surface area (Å²) in [6.45, 7) is 2.15. The summed E-state index contributed by atoms with van der Waals surface area (Å²) in [4.78, 5) is 22.6. The molecule has 0 radical (unpaired) electrons. The van der Waals surface area contributed by atoms with E-state index in [2.05, 4.69) is 5.32 Å². The van der Waals surface area contributed by atoms with Crippen LogP contribution in [-0.4, -0.2) is 42.8 Å². The van der Waals surface area contributed by atoms with Crippen LogP contribution < -0.4 is 10.1 Å². The molecular weight excluding hydrogens is 286 g/mol. The second-order valence-electron chi connectivity index (χ2n) is 4.48. The molecule has 0 heterocycles. The zero-order chi connectivity index (χ0) is 16.2. The Balaban J connectivity index is 2.18. The third kappa shape index (κ3) is 7.44. The van der Waals surface area contributed by atoms with E-state index >= 15 is 0 Å². The van der Waals surface area contributed by atoms with E-state index in [0.717, 1.165) is 5.75 Å². The Kier molecular flexibility index (Phi) is 8.37. The zero-order valence-corrected chi connectivity index (χ0v) is 12.5. The van der Waals surface area contributed by atoms with Gasteiger partial charge in [0.1, 0.15) is 25.0 Å². The first-order valence-electron chi connectivity index (χ1n) is 7.02. The van der Waals surface area contributed by atoms with Crippen LogP contribution >= 0.6 is 0 Å². The highest BCUT2D eigenvalue weighted by atomic mass is 16.5. The Morgan fingerprint density at radius 2 is 2.00 bits per heavy atom. The van der Waals surface area contributed by atoms with Crippen LogP contribution in [-0.2, 0) is 14.3 Å². The third-order valence-electron chi connectivity index (χ3n) is 2.71. The standard InChI is InChI=1S/C16H21NO5/c1-2-3-9-14(16(19)20)17-15(18)12-21-10-11-22-13-7-5-4-6-8-13/h2-8,14H,9-12H2,1H3,(H,17,18)(H,19,20)/b3-2+. The van der Waals surface area contributed by atoms with Gasteiger partial charge in [-0.25, -0.2) is 4.79 Å². The maximum Gasteiger partial charge on any atom is 0.326 e. The van der Waals surface area contributed by atoms with Crippen LogP contribution in [0.15, 0.2) is 42.5 Å². The van der Waals surface area contributed by atoms with Gasteiger partial charge in [0, 0.05) is 0 Å². The predicted octanol–water partition coefficient (Wildman–Crippen LogP) is 1.62. The van der Waals surface area contributed by atoms with Crippen molar-refractivity contribution < 1.29 is 24.2 Å². The number of carboxylic acids is 1. The van der Waals surface area contributed by atoms with E-state index in [-0.39, 0.29) is 19.6 Å². The van der Waals surface area contributed by atoms with E-state index in [4.69, 9.17) is 14.6 Å². The van der Waals surface area contributed by atoms with Crippen LogP contribution in [0.5, 0.6) is 5.75 Å². The number of amides is 1. The fraction of sp³-hybridized carbons (Fsp3) is 0.375. The van der Waals surface area contributed by atoms with Crippen LogP contribution in [0.1, 0.15) is 13.3 Å². The normalized spacial score (nSPS) is 12.0. The first kappa shape index (κ1) is 17.7. The van der Waals surface area contributed by atoms with E-state index in [1.807, 2.05) is 30.3 Å². The number of ether oxygens (including phenoxy) is 2. The second-order valence-corrected chi connectivity index (χ2v) is 4.48. The lowest BCUT2D eigenvalue weighted by atomic mass is 10.2. The molecule has 1 unspecified atom stereocenters. The molecule has 1 aromatic rings. The average molecular weight is 307 g/mol. The number of hydrogen-bond acceptors (Lipinski definition) is 4. The summed E-state index contributed by atoms with van der Waals surface area (Å²) in [6.07, 6.45) is 3.67. The van der Waals surface area contributed by atoms with E-state index in [9.17, 15) is 9.59 Å². The molecular formula is C16H21NO5.